The normalized spacial score (nSPS) is 18.5. The first-order valence-electron chi connectivity index (χ1n) is 8.25. The lowest BCUT2D eigenvalue weighted by atomic mass is 10.2. The van der Waals surface area contributed by atoms with Gasteiger partial charge in [0.15, 0.2) is 0 Å². The molecular weight excluding hydrogens is 338 g/mol. The van der Waals surface area contributed by atoms with E-state index < -0.39 is 0 Å². The summed E-state index contributed by atoms with van der Waals surface area (Å²) in [4.78, 5) is 30.4. The van der Waals surface area contributed by atoms with Crippen LogP contribution in [0.5, 0.6) is 0 Å². The lowest BCUT2D eigenvalue weighted by Gasteiger charge is -2.17. The third kappa shape index (κ3) is 4.57. The van der Waals surface area contributed by atoms with Crippen molar-refractivity contribution in [3.05, 3.63) is 59.4 Å². The topological polar surface area (TPSA) is 62.3 Å². The molecule has 2 aromatic rings. The van der Waals surface area contributed by atoms with E-state index in [1.54, 1.807) is 48.6 Å². The zero-order chi connectivity index (χ0) is 17.8. The predicted octanol–water partition coefficient (Wildman–Crippen LogP) is 3.01. The maximum atomic E-state index is 12.5. The van der Waals surface area contributed by atoms with Crippen molar-refractivity contribution >= 4 is 29.1 Å². The summed E-state index contributed by atoms with van der Waals surface area (Å²) in [6.45, 7) is 0.627. The second-order valence-electron chi connectivity index (χ2n) is 6.31. The van der Waals surface area contributed by atoms with E-state index in [2.05, 4.69) is 10.3 Å². The number of carbonyl (C=O) groups excluding carboxylic acids is 2. The number of nitrogens with zero attached hydrogens (tertiary/aromatic N) is 2. The highest BCUT2D eigenvalue weighted by Gasteiger charge is 2.48. The predicted molar refractivity (Wildman–Crippen MR) is 97.3 cm³/mol. The van der Waals surface area contributed by atoms with E-state index in [0.717, 1.165) is 12.0 Å². The highest BCUT2D eigenvalue weighted by atomic mass is 35.5. The van der Waals surface area contributed by atoms with Crippen LogP contribution < -0.4 is 5.32 Å². The van der Waals surface area contributed by atoms with E-state index in [1.807, 2.05) is 12.1 Å². The van der Waals surface area contributed by atoms with Crippen molar-refractivity contribution in [3.8, 4) is 0 Å². The number of pyridine rings is 1. The minimum Gasteiger partial charge on any atom is -0.345 e. The zero-order valence-electron chi connectivity index (χ0n) is 14.0. The Morgan fingerprint density at radius 2 is 2.00 bits per heavy atom. The van der Waals surface area contributed by atoms with Gasteiger partial charge in [-0.3, -0.25) is 14.6 Å². The zero-order valence-corrected chi connectivity index (χ0v) is 14.7. The molecule has 3 rings (SSSR count). The van der Waals surface area contributed by atoms with E-state index >= 15 is 0 Å². The molecule has 1 fully saturated rings. The SMILES string of the molecule is CN(CCc1ccncc1)C(=O)C1CC1C(=O)Nc1cccc(Cl)c1. The summed E-state index contributed by atoms with van der Waals surface area (Å²) in [6.07, 6.45) is 4.87. The first kappa shape index (κ1) is 17.4. The molecule has 0 spiro atoms. The van der Waals surface area contributed by atoms with E-state index in [1.165, 1.54) is 0 Å². The molecule has 1 N–H and O–H groups in total. The minimum absolute atomic E-state index is 0.0281. The summed E-state index contributed by atoms with van der Waals surface area (Å²) in [7, 11) is 1.79. The third-order valence-electron chi connectivity index (χ3n) is 4.40. The highest BCUT2D eigenvalue weighted by molar-refractivity contribution is 6.30. The summed E-state index contributed by atoms with van der Waals surface area (Å²) < 4.78 is 0. The van der Waals surface area contributed by atoms with Crippen LogP contribution >= 0.6 is 11.6 Å². The maximum absolute atomic E-state index is 12.5. The van der Waals surface area contributed by atoms with Crippen molar-refractivity contribution in [1.82, 2.24) is 9.88 Å². The van der Waals surface area contributed by atoms with Gasteiger partial charge in [0.1, 0.15) is 0 Å². The Morgan fingerprint density at radius 1 is 1.24 bits per heavy atom. The summed E-state index contributed by atoms with van der Waals surface area (Å²) in [5.74, 6) is -0.570. The standard InChI is InChI=1S/C19H20ClN3O2/c1-23(10-7-13-5-8-21-9-6-13)19(25)17-12-16(17)18(24)22-15-4-2-3-14(20)11-15/h2-6,8-9,11,16-17H,7,10,12H2,1H3,(H,22,24). The van der Waals surface area contributed by atoms with Gasteiger partial charge in [-0.25, -0.2) is 0 Å². The number of benzene rings is 1. The molecule has 1 saturated carbocycles. The molecule has 5 nitrogen and oxygen atoms in total. The van der Waals surface area contributed by atoms with Crippen molar-refractivity contribution in [2.24, 2.45) is 11.8 Å². The Hall–Kier alpha value is -2.40. The molecule has 1 aliphatic rings. The second-order valence-corrected chi connectivity index (χ2v) is 6.75. The Bertz CT molecular complexity index is 766. The molecule has 130 valence electrons. The van der Waals surface area contributed by atoms with Crippen molar-refractivity contribution in [1.29, 1.82) is 0 Å². The first-order chi connectivity index (χ1) is 12.0. The number of amides is 2. The summed E-state index contributed by atoms with van der Waals surface area (Å²) in [5.41, 5.74) is 1.79. The van der Waals surface area contributed by atoms with E-state index in [4.69, 9.17) is 11.6 Å². The summed E-state index contributed by atoms with van der Waals surface area (Å²) in [5, 5.41) is 3.39. The fraction of sp³-hybridized carbons (Fsp3) is 0.316. The van der Waals surface area contributed by atoms with E-state index in [-0.39, 0.29) is 23.7 Å². The Morgan fingerprint density at radius 3 is 2.72 bits per heavy atom. The molecule has 2 atom stereocenters. The highest BCUT2D eigenvalue weighted by Crippen LogP contribution is 2.40. The van der Waals surface area contributed by atoms with Crippen LogP contribution in [-0.4, -0.2) is 35.3 Å². The minimum atomic E-state index is -0.255. The van der Waals surface area contributed by atoms with Gasteiger partial charge in [-0.2, -0.15) is 0 Å². The summed E-state index contributed by atoms with van der Waals surface area (Å²) >= 11 is 5.91. The van der Waals surface area contributed by atoms with Crippen LogP contribution in [0.15, 0.2) is 48.8 Å². The number of rotatable bonds is 6. The van der Waals surface area contributed by atoms with Gasteiger partial charge in [0.05, 0.1) is 11.8 Å². The van der Waals surface area contributed by atoms with E-state index in [0.29, 0.717) is 23.7 Å². The lowest BCUT2D eigenvalue weighted by Crippen LogP contribution is -2.31. The number of halogens is 1. The largest absolute Gasteiger partial charge is 0.345 e. The number of hydrogen-bond acceptors (Lipinski definition) is 3. The molecule has 1 aromatic carbocycles. The van der Waals surface area contributed by atoms with Crippen LogP contribution in [0.4, 0.5) is 5.69 Å². The number of hydrogen-bond donors (Lipinski definition) is 1. The Balaban J connectivity index is 1.48. The molecule has 1 aliphatic carbocycles. The molecule has 0 aliphatic heterocycles. The van der Waals surface area contributed by atoms with Crippen molar-refractivity contribution in [2.75, 3.05) is 18.9 Å². The molecule has 2 unspecified atom stereocenters. The van der Waals surface area contributed by atoms with Gasteiger partial charge in [0.2, 0.25) is 11.8 Å². The Kier molecular flexibility index (Phi) is 5.34. The molecular formula is C19H20ClN3O2. The molecule has 6 heteroatoms. The number of anilines is 1. The molecule has 2 amide bonds. The van der Waals surface area contributed by atoms with Crippen LogP contribution in [0.1, 0.15) is 12.0 Å². The number of aromatic nitrogens is 1. The second kappa shape index (κ2) is 7.66. The lowest BCUT2D eigenvalue weighted by molar-refractivity contribution is -0.132. The molecule has 0 bridgehead atoms. The van der Waals surface area contributed by atoms with Crippen molar-refractivity contribution in [3.63, 3.8) is 0 Å². The van der Waals surface area contributed by atoms with Gasteiger partial charge in [0, 0.05) is 36.7 Å². The van der Waals surface area contributed by atoms with Crippen LogP contribution in [0.25, 0.3) is 0 Å². The molecule has 1 heterocycles. The van der Waals surface area contributed by atoms with Gasteiger partial charge in [0.25, 0.3) is 0 Å². The number of nitrogens with one attached hydrogen (secondary N) is 1. The fourth-order valence-electron chi connectivity index (χ4n) is 2.80. The molecule has 0 radical (unpaired) electrons. The van der Waals surface area contributed by atoms with Gasteiger partial charge >= 0.3 is 0 Å². The quantitative estimate of drug-likeness (QED) is 0.864. The van der Waals surface area contributed by atoms with Gasteiger partial charge in [-0.1, -0.05) is 17.7 Å². The van der Waals surface area contributed by atoms with Gasteiger partial charge in [-0.05, 0) is 48.7 Å². The summed E-state index contributed by atoms with van der Waals surface area (Å²) in [6, 6.07) is 10.9. The van der Waals surface area contributed by atoms with Crippen LogP contribution in [0, 0.1) is 11.8 Å². The van der Waals surface area contributed by atoms with Crippen LogP contribution in [0.3, 0.4) is 0 Å². The number of carbonyl (C=O) groups is 2. The fourth-order valence-corrected chi connectivity index (χ4v) is 2.99. The van der Waals surface area contributed by atoms with Crippen LogP contribution in [-0.2, 0) is 16.0 Å². The number of likely N-dealkylation sites (N-methyl/N-ethyl adjacent to an activating group) is 1. The molecule has 25 heavy (non-hydrogen) atoms. The average molecular weight is 358 g/mol. The van der Waals surface area contributed by atoms with Crippen molar-refractivity contribution in [2.45, 2.75) is 12.8 Å². The molecule has 0 saturated heterocycles. The third-order valence-corrected chi connectivity index (χ3v) is 4.63. The smallest absolute Gasteiger partial charge is 0.228 e. The van der Waals surface area contributed by atoms with Gasteiger partial charge < -0.3 is 10.2 Å². The maximum Gasteiger partial charge on any atom is 0.228 e. The van der Waals surface area contributed by atoms with E-state index in [9.17, 15) is 9.59 Å². The average Bonchev–Trinajstić information content (AvgIpc) is 3.41. The van der Waals surface area contributed by atoms with Gasteiger partial charge in [-0.15, -0.1) is 0 Å². The van der Waals surface area contributed by atoms with Crippen LogP contribution in [0.2, 0.25) is 5.02 Å². The molecule has 1 aromatic heterocycles. The van der Waals surface area contributed by atoms with Crippen molar-refractivity contribution < 1.29 is 9.59 Å². The Labute approximate surface area is 152 Å². The first-order valence-corrected chi connectivity index (χ1v) is 8.62. The monoisotopic (exact) mass is 357 g/mol.